The quantitative estimate of drug-likeness (QED) is 0.442. The molecular formula is C24H23N5O3. The molecule has 0 N–H and O–H groups in total. The number of aryl methyl sites for hydroxylation is 1. The van der Waals surface area contributed by atoms with Crippen molar-refractivity contribution in [3.8, 4) is 11.3 Å². The molecule has 4 heterocycles. The van der Waals surface area contributed by atoms with Gasteiger partial charge in [0.05, 0.1) is 18.3 Å². The number of imidazole rings is 2. The molecule has 1 saturated heterocycles. The van der Waals surface area contributed by atoms with E-state index in [1.807, 2.05) is 22.7 Å². The predicted molar refractivity (Wildman–Crippen MR) is 123 cm³/mol. The Kier molecular flexibility index (Phi) is 4.13. The van der Waals surface area contributed by atoms with Crippen LogP contribution in [0.2, 0.25) is 0 Å². The maximum Gasteiger partial charge on any atom is 0.332 e. The lowest BCUT2D eigenvalue weighted by Gasteiger charge is -2.14. The molecule has 8 nitrogen and oxygen atoms in total. The van der Waals surface area contributed by atoms with Gasteiger partial charge in [0.15, 0.2) is 11.2 Å². The molecule has 8 heteroatoms. The second-order valence-electron chi connectivity index (χ2n) is 8.48. The Labute approximate surface area is 182 Å². The zero-order valence-corrected chi connectivity index (χ0v) is 18.0. The first-order chi connectivity index (χ1) is 15.5. The Balaban J connectivity index is 1.66. The number of hydrogen-bond acceptors (Lipinski definition) is 4. The van der Waals surface area contributed by atoms with Crippen LogP contribution in [0.15, 0.2) is 58.3 Å². The highest BCUT2D eigenvalue weighted by Crippen LogP contribution is 2.29. The molecule has 0 saturated carbocycles. The molecule has 0 radical (unpaired) electrons. The molecule has 1 aliphatic rings. The highest BCUT2D eigenvalue weighted by Gasteiger charge is 2.24. The Morgan fingerprint density at radius 1 is 1.06 bits per heavy atom. The fourth-order valence-electron chi connectivity index (χ4n) is 4.77. The summed E-state index contributed by atoms with van der Waals surface area (Å²) in [6.45, 7) is 1.40. The van der Waals surface area contributed by atoms with Gasteiger partial charge in [0.2, 0.25) is 5.78 Å². The first kappa shape index (κ1) is 19.1. The fraction of sp³-hybridized carbons (Fsp3) is 0.292. The molecule has 5 aromatic rings. The monoisotopic (exact) mass is 429 g/mol. The molecule has 0 amide bonds. The van der Waals surface area contributed by atoms with Crippen LogP contribution in [-0.2, 0) is 25.4 Å². The van der Waals surface area contributed by atoms with Gasteiger partial charge in [0.1, 0.15) is 0 Å². The van der Waals surface area contributed by atoms with Crippen molar-refractivity contribution < 1.29 is 4.74 Å². The highest BCUT2D eigenvalue weighted by molar-refractivity contribution is 5.87. The van der Waals surface area contributed by atoms with Crippen LogP contribution in [-0.4, -0.2) is 35.8 Å². The lowest BCUT2D eigenvalue weighted by atomic mass is 10.1. The fourth-order valence-corrected chi connectivity index (χ4v) is 4.77. The van der Waals surface area contributed by atoms with Crippen LogP contribution in [0.25, 0.3) is 39.0 Å². The summed E-state index contributed by atoms with van der Waals surface area (Å²) in [6, 6.07) is 14.6. The van der Waals surface area contributed by atoms with E-state index in [1.165, 1.54) is 17.0 Å². The third kappa shape index (κ3) is 2.69. The van der Waals surface area contributed by atoms with Crippen molar-refractivity contribution >= 4 is 27.7 Å². The lowest BCUT2D eigenvalue weighted by Crippen LogP contribution is -2.37. The second kappa shape index (κ2) is 6.93. The van der Waals surface area contributed by atoms with Crippen LogP contribution in [0.5, 0.6) is 0 Å². The molecular weight excluding hydrogens is 406 g/mol. The Morgan fingerprint density at radius 3 is 2.66 bits per heavy atom. The van der Waals surface area contributed by atoms with E-state index in [-0.39, 0.29) is 17.4 Å². The zero-order valence-electron chi connectivity index (χ0n) is 18.0. The summed E-state index contributed by atoms with van der Waals surface area (Å²) in [5.74, 6) is 0.636. The Morgan fingerprint density at radius 2 is 1.88 bits per heavy atom. The summed E-state index contributed by atoms with van der Waals surface area (Å²) in [5.41, 5.74) is 2.06. The molecule has 162 valence electrons. The maximum absolute atomic E-state index is 13.0. The minimum atomic E-state index is -0.385. The first-order valence-electron chi connectivity index (χ1n) is 10.8. The molecule has 0 bridgehead atoms. The van der Waals surface area contributed by atoms with Crippen LogP contribution in [0.3, 0.4) is 0 Å². The van der Waals surface area contributed by atoms with Crippen LogP contribution in [0, 0.1) is 0 Å². The average Bonchev–Trinajstić information content (AvgIpc) is 3.53. The summed E-state index contributed by atoms with van der Waals surface area (Å²) in [5, 5.41) is 2.32. The summed E-state index contributed by atoms with van der Waals surface area (Å²) >= 11 is 0. The van der Waals surface area contributed by atoms with Gasteiger partial charge in [-0.2, -0.15) is 4.98 Å². The number of hydrogen-bond donors (Lipinski definition) is 0. The van der Waals surface area contributed by atoms with Gasteiger partial charge in [0.25, 0.3) is 5.56 Å². The van der Waals surface area contributed by atoms with Crippen LogP contribution >= 0.6 is 0 Å². The molecule has 1 unspecified atom stereocenters. The van der Waals surface area contributed by atoms with Crippen LogP contribution < -0.4 is 11.2 Å². The topological polar surface area (TPSA) is 75.5 Å². The number of nitrogens with zero attached hydrogens (tertiary/aromatic N) is 5. The molecule has 6 rings (SSSR count). The highest BCUT2D eigenvalue weighted by atomic mass is 16.5. The second-order valence-corrected chi connectivity index (χ2v) is 8.48. The van der Waals surface area contributed by atoms with E-state index in [0.717, 1.165) is 40.7 Å². The SMILES string of the molecule is Cn1c(=O)c2c(nc3n(CC4CCCO4)c(-c4ccc5ccccc5c4)cn23)n(C)c1=O. The van der Waals surface area contributed by atoms with E-state index in [2.05, 4.69) is 34.9 Å². The number of benzene rings is 2. The zero-order chi connectivity index (χ0) is 22.0. The van der Waals surface area contributed by atoms with Gasteiger partial charge >= 0.3 is 5.69 Å². The van der Waals surface area contributed by atoms with Gasteiger partial charge in [-0.15, -0.1) is 0 Å². The van der Waals surface area contributed by atoms with Crippen LogP contribution in [0.1, 0.15) is 12.8 Å². The molecule has 2 aromatic carbocycles. The normalized spacial score (nSPS) is 16.6. The minimum Gasteiger partial charge on any atom is -0.376 e. The van der Waals surface area contributed by atoms with E-state index >= 15 is 0 Å². The van der Waals surface area contributed by atoms with Gasteiger partial charge in [-0.25, -0.2) is 4.79 Å². The van der Waals surface area contributed by atoms with Gasteiger partial charge in [0, 0.05) is 32.5 Å². The predicted octanol–water partition coefficient (Wildman–Crippen LogP) is 2.69. The Bertz CT molecular complexity index is 1630. The van der Waals surface area contributed by atoms with E-state index in [4.69, 9.17) is 9.72 Å². The smallest absolute Gasteiger partial charge is 0.332 e. The minimum absolute atomic E-state index is 0.0943. The molecule has 1 fully saturated rings. The maximum atomic E-state index is 13.0. The van der Waals surface area contributed by atoms with E-state index < -0.39 is 0 Å². The van der Waals surface area contributed by atoms with E-state index in [9.17, 15) is 9.59 Å². The van der Waals surface area contributed by atoms with Crippen molar-refractivity contribution in [2.24, 2.45) is 14.1 Å². The molecule has 1 atom stereocenters. The molecule has 3 aromatic heterocycles. The van der Waals surface area contributed by atoms with Crippen molar-refractivity contribution in [2.45, 2.75) is 25.5 Å². The van der Waals surface area contributed by atoms with Crippen molar-refractivity contribution in [2.75, 3.05) is 6.61 Å². The average molecular weight is 429 g/mol. The van der Waals surface area contributed by atoms with Crippen LogP contribution in [0.4, 0.5) is 0 Å². The van der Waals surface area contributed by atoms with Gasteiger partial charge < -0.3 is 9.30 Å². The number of aromatic nitrogens is 5. The summed E-state index contributed by atoms with van der Waals surface area (Å²) in [4.78, 5) is 30.2. The van der Waals surface area contributed by atoms with E-state index in [1.54, 1.807) is 7.05 Å². The third-order valence-corrected chi connectivity index (χ3v) is 6.51. The van der Waals surface area contributed by atoms with Gasteiger partial charge in [-0.05, 0) is 29.7 Å². The summed E-state index contributed by atoms with van der Waals surface area (Å²) in [7, 11) is 3.14. The van der Waals surface area contributed by atoms with Gasteiger partial charge in [-0.3, -0.25) is 18.3 Å². The van der Waals surface area contributed by atoms with Crippen molar-refractivity contribution in [1.29, 1.82) is 0 Å². The largest absolute Gasteiger partial charge is 0.376 e. The van der Waals surface area contributed by atoms with Crippen molar-refractivity contribution in [1.82, 2.24) is 23.1 Å². The van der Waals surface area contributed by atoms with Crippen molar-refractivity contribution in [3.05, 3.63) is 69.5 Å². The molecule has 1 aliphatic heterocycles. The number of rotatable bonds is 3. The van der Waals surface area contributed by atoms with Crippen molar-refractivity contribution in [3.63, 3.8) is 0 Å². The molecule has 0 spiro atoms. The Hall–Kier alpha value is -3.65. The third-order valence-electron chi connectivity index (χ3n) is 6.51. The standard InChI is InChI=1S/C24H23N5O3/c1-26-21-20(22(30)27(2)24(26)31)29-14-19(17-10-9-15-6-3-4-7-16(15)12-17)28(23(29)25-21)13-18-8-5-11-32-18/h3-4,6-7,9-10,12,14,18H,5,8,11,13H2,1-2H3. The first-order valence-corrected chi connectivity index (χ1v) is 10.8. The summed E-state index contributed by atoms with van der Waals surface area (Å²) in [6.07, 6.45) is 4.08. The number of fused-ring (bicyclic) bond motifs is 4. The molecule has 0 aliphatic carbocycles. The number of ether oxygens (including phenoxy) is 1. The summed E-state index contributed by atoms with van der Waals surface area (Å²) < 4.78 is 12.4. The van der Waals surface area contributed by atoms with E-state index in [0.29, 0.717) is 23.5 Å². The molecule has 32 heavy (non-hydrogen) atoms. The lowest BCUT2D eigenvalue weighted by molar-refractivity contribution is 0.0981. The van der Waals surface area contributed by atoms with Gasteiger partial charge in [-0.1, -0.05) is 36.4 Å².